The lowest BCUT2D eigenvalue weighted by Gasteiger charge is -2.34. The molecule has 0 radical (unpaired) electrons. The number of aliphatic imine (C=N–C) groups is 1. The number of thioether (sulfide) groups is 1. The molecule has 0 aromatic heterocycles. The molecule has 3 aliphatic rings. The van der Waals surface area contributed by atoms with E-state index < -0.39 is 0 Å². The average Bonchev–Trinajstić information content (AvgIpc) is 3.58. The zero-order valence-electron chi connectivity index (χ0n) is 17.8. The number of carbonyl (C=O) groups is 1. The maximum absolute atomic E-state index is 12.8. The van der Waals surface area contributed by atoms with Crippen molar-refractivity contribution in [3.8, 4) is 0 Å². The molecule has 30 heavy (non-hydrogen) atoms. The summed E-state index contributed by atoms with van der Waals surface area (Å²) in [5.41, 5.74) is 1.49. The van der Waals surface area contributed by atoms with Gasteiger partial charge in [-0.25, -0.2) is 0 Å². The first kappa shape index (κ1) is 21.8. The molecule has 1 aromatic rings. The van der Waals surface area contributed by atoms with Crippen molar-refractivity contribution in [3.63, 3.8) is 0 Å². The molecule has 3 fully saturated rings. The third-order valence-corrected chi connectivity index (χ3v) is 8.03. The molecule has 1 saturated heterocycles. The van der Waals surface area contributed by atoms with E-state index in [4.69, 9.17) is 11.6 Å². The van der Waals surface area contributed by atoms with Crippen LogP contribution in [-0.4, -0.2) is 61.0 Å². The van der Waals surface area contributed by atoms with Gasteiger partial charge in [-0.2, -0.15) is 11.8 Å². The number of carbonyl (C=O) groups excluding carboxylic acids is 1. The van der Waals surface area contributed by atoms with Gasteiger partial charge in [0.2, 0.25) is 5.91 Å². The number of halogens is 1. The molecule has 5 nitrogen and oxygen atoms in total. The van der Waals surface area contributed by atoms with Crippen molar-refractivity contribution in [2.75, 3.05) is 38.2 Å². The maximum Gasteiger partial charge on any atom is 0.225 e. The first-order valence-corrected chi connectivity index (χ1v) is 12.7. The molecule has 2 saturated carbocycles. The quantitative estimate of drug-likeness (QED) is 0.533. The second-order valence-corrected chi connectivity index (χ2v) is 10.5. The van der Waals surface area contributed by atoms with E-state index in [0.29, 0.717) is 11.9 Å². The number of amides is 1. The Morgan fingerprint density at radius 2 is 1.97 bits per heavy atom. The van der Waals surface area contributed by atoms with Crippen LogP contribution in [0.1, 0.15) is 44.1 Å². The van der Waals surface area contributed by atoms with Crippen molar-refractivity contribution < 1.29 is 4.79 Å². The van der Waals surface area contributed by atoms with Crippen molar-refractivity contribution in [2.24, 2.45) is 10.9 Å². The highest BCUT2D eigenvalue weighted by molar-refractivity contribution is 7.99. The fraction of sp³-hybridized carbons (Fsp3) is 0.652. The Kier molecular flexibility index (Phi) is 7.14. The normalized spacial score (nSPS) is 26.2. The molecule has 0 atom stereocenters. The van der Waals surface area contributed by atoms with Crippen LogP contribution in [0.3, 0.4) is 0 Å². The van der Waals surface area contributed by atoms with Crippen LogP contribution in [-0.2, 0) is 10.2 Å². The number of rotatable bonds is 5. The van der Waals surface area contributed by atoms with E-state index in [0.717, 1.165) is 67.8 Å². The van der Waals surface area contributed by atoms with Crippen LogP contribution in [0.15, 0.2) is 29.3 Å². The molecular formula is C23H33ClN4OS. The molecule has 4 rings (SSSR count). The van der Waals surface area contributed by atoms with Crippen molar-refractivity contribution in [1.29, 1.82) is 0 Å². The lowest BCUT2D eigenvalue weighted by atomic mass is 9.85. The minimum Gasteiger partial charge on any atom is -0.356 e. The van der Waals surface area contributed by atoms with Gasteiger partial charge in [0.15, 0.2) is 5.96 Å². The lowest BCUT2D eigenvalue weighted by Crippen LogP contribution is -2.48. The predicted octanol–water partition coefficient (Wildman–Crippen LogP) is 3.67. The number of benzene rings is 1. The van der Waals surface area contributed by atoms with E-state index in [1.807, 2.05) is 30.9 Å². The van der Waals surface area contributed by atoms with Gasteiger partial charge in [0.25, 0.3) is 0 Å². The average molecular weight is 449 g/mol. The number of guanidine groups is 1. The number of nitrogens with one attached hydrogen (secondary N) is 2. The third-order valence-electron chi connectivity index (χ3n) is 6.85. The lowest BCUT2D eigenvalue weighted by molar-refractivity contribution is -0.136. The Bertz CT molecular complexity index is 768. The molecular weight excluding hydrogens is 416 g/mol. The van der Waals surface area contributed by atoms with Gasteiger partial charge in [-0.1, -0.05) is 23.7 Å². The minimum atomic E-state index is 0.180. The fourth-order valence-corrected chi connectivity index (χ4v) is 5.80. The summed E-state index contributed by atoms with van der Waals surface area (Å²) in [6.07, 6.45) is 6.37. The largest absolute Gasteiger partial charge is 0.356 e. The molecule has 0 unspecified atom stereocenters. The third kappa shape index (κ3) is 5.25. The summed E-state index contributed by atoms with van der Waals surface area (Å²) < 4.78 is 0. The second-order valence-electron chi connectivity index (χ2n) is 8.85. The molecule has 7 heteroatoms. The number of hydrogen-bond acceptors (Lipinski definition) is 3. The van der Waals surface area contributed by atoms with E-state index in [9.17, 15) is 4.79 Å². The Morgan fingerprint density at radius 1 is 1.23 bits per heavy atom. The predicted molar refractivity (Wildman–Crippen MR) is 127 cm³/mol. The van der Waals surface area contributed by atoms with Gasteiger partial charge < -0.3 is 15.5 Å². The molecule has 164 valence electrons. The Morgan fingerprint density at radius 3 is 2.60 bits per heavy atom. The maximum atomic E-state index is 12.8. The standard InChI is InChI=1S/C23H33ClN4OS/c1-25-22(26-16-23(9-10-23)18-3-2-4-19(24)15-18)27-20-7-5-17(6-8-20)21(29)28-11-13-30-14-12-28/h2-4,15,17,20H,5-14,16H2,1H3,(H2,25,26,27). The Balaban J connectivity index is 1.24. The Hall–Kier alpha value is -1.40. The van der Waals surface area contributed by atoms with Crippen molar-refractivity contribution in [1.82, 2.24) is 15.5 Å². The number of nitrogens with zero attached hydrogens (tertiary/aromatic N) is 2. The van der Waals surface area contributed by atoms with Gasteiger partial charge in [-0.05, 0) is 56.2 Å². The topological polar surface area (TPSA) is 56.7 Å². The summed E-state index contributed by atoms with van der Waals surface area (Å²) in [6, 6.07) is 8.62. The summed E-state index contributed by atoms with van der Waals surface area (Å²) >= 11 is 8.15. The van der Waals surface area contributed by atoms with Crippen molar-refractivity contribution in [2.45, 2.75) is 50.0 Å². The molecule has 0 bridgehead atoms. The second kappa shape index (κ2) is 9.82. The monoisotopic (exact) mass is 448 g/mol. The van der Waals surface area contributed by atoms with Gasteiger partial charge in [0.05, 0.1) is 0 Å². The molecule has 1 heterocycles. The van der Waals surface area contributed by atoms with Gasteiger partial charge >= 0.3 is 0 Å². The van der Waals surface area contributed by atoms with Gasteiger partial charge in [-0.3, -0.25) is 9.79 Å². The smallest absolute Gasteiger partial charge is 0.225 e. The zero-order valence-corrected chi connectivity index (χ0v) is 19.4. The molecule has 1 aromatic carbocycles. The molecule has 2 N–H and O–H groups in total. The van der Waals surface area contributed by atoms with Crippen LogP contribution in [0.2, 0.25) is 5.02 Å². The van der Waals surface area contributed by atoms with E-state index in [-0.39, 0.29) is 11.3 Å². The van der Waals surface area contributed by atoms with E-state index in [1.54, 1.807) is 0 Å². The van der Waals surface area contributed by atoms with Crippen LogP contribution >= 0.6 is 23.4 Å². The highest BCUT2D eigenvalue weighted by Crippen LogP contribution is 2.48. The van der Waals surface area contributed by atoms with Gasteiger partial charge in [-0.15, -0.1) is 0 Å². The Labute approximate surface area is 189 Å². The van der Waals surface area contributed by atoms with Crippen molar-refractivity contribution in [3.05, 3.63) is 34.9 Å². The SMILES string of the molecule is CN=C(NCC1(c2cccc(Cl)c2)CC1)NC1CCC(C(=O)N2CCSCC2)CC1. The summed E-state index contributed by atoms with van der Waals surface area (Å²) in [5, 5.41) is 7.94. The highest BCUT2D eigenvalue weighted by Gasteiger charge is 2.44. The van der Waals surface area contributed by atoms with E-state index in [1.165, 1.54) is 18.4 Å². The minimum absolute atomic E-state index is 0.180. The highest BCUT2D eigenvalue weighted by atomic mass is 35.5. The first-order chi connectivity index (χ1) is 14.6. The van der Waals surface area contributed by atoms with Crippen LogP contribution in [0.4, 0.5) is 0 Å². The molecule has 0 spiro atoms. The molecule has 1 amide bonds. The number of hydrogen-bond donors (Lipinski definition) is 2. The van der Waals surface area contributed by atoms with Crippen LogP contribution in [0, 0.1) is 5.92 Å². The fourth-order valence-electron chi connectivity index (χ4n) is 4.70. The zero-order chi connectivity index (χ0) is 21.0. The summed E-state index contributed by atoms with van der Waals surface area (Å²) in [7, 11) is 1.83. The summed E-state index contributed by atoms with van der Waals surface area (Å²) in [4.78, 5) is 19.3. The molecule has 2 aliphatic carbocycles. The van der Waals surface area contributed by atoms with E-state index in [2.05, 4.69) is 32.7 Å². The van der Waals surface area contributed by atoms with Crippen LogP contribution in [0.5, 0.6) is 0 Å². The van der Waals surface area contributed by atoms with Gasteiger partial charge in [0.1, 0.15) is 0 Å². The van der Waals surface area contributed by atoms with E-state index >= 15 is 0 Å². The van der Waals surface area contributed by atoms with Crippen LogP contribution in [0.25, 0.3) is 0 Å². The van der Waals surface area contributed by atoms with Crippen LogP contribution < -0.4 is 10.6 Å². The summed E-state index contributed by atoms with van der Waals surface area (Å²) in [6.45, 7) is 2.72. The van der Waals surface area contributed by atoms with Crippen molar-refractivity contribution >= 4 is 35.2 Å². The first-order valence-electron chi connectivity index (χ1n) is 11.2. The van der Waals surface area contributed by atoms with Gasteiger partial charge in [0, 0.05) is 60.6 Å². The summed E-state index contributed by atoms with van der Waals surface area (Å²) in [5.74, 6) is 3.63. The molecule has 1 aliphatic heterocycles.